The number of carbonyl (C=O) groups is 1. The first kappa shape index (κ1) is 17.7. The molecule has 2 aromatic carbocycles. The van der Waals surface area contributed by atoms with E-state index in [1.807, 2.05) is 25.1 Å². The summed E-state index contributed by atoms with van der Waals surface area (Å²) in [6.07, 6.45) is 0. The van der Waals surface area contributed by atoms with Gasteiger partial charge in [-0.1, -0.05) is 59.8 Å². The minimum absolute atomic E-state index is 0.0523. The second kappa shape index (κ2) is 7.41. The van der Waals surface area contributed by atoms with E-state index in [4.69, 9.17) is 0 Å². The molecule has 0 saturated carbocycles. The van der Waals surface area contributed by atoms with Crippen LogP contribution in [0.15, 0.2) is 63.9 Å². The standard InChI is InChI=1S/C18H18N2O3S2/c1-14-7-9-16(10-8-14)25(22,23)19-18-20(11-12-24-18)13-17(21)15-5-3-2-4-6-15/h2-10H,11-13H2,1H3. The predicted molar refractivity (Wildman–Crippen MR) is 101 cm³/mol. The van der Waals surface area contributed by atoms with Gasteiger partial charge in [0.1, 0.15) is 0 Å². The molecular formula is C18H18N2O3S2. The molecule has 5 nitrogen and oxygen atoms in total. The molecule has 0 unspecified atom stereocenters. The van der Waals surface area contributed by atoms with Crippen molar-refractivity contribution >= 4 is 32.7 Å². The Kier molecular flexibility index (Phi) is 5.24. The number of hydrogen-bond donors (Lipinski definition) is 0. The Morgan fingerprint density at radius 3 is 2.48 bits per heavy atom. The number of rotatable bonds is 5. The van der Waals surface area contributed by atoms with Crippen molar-refractivity contribution in [3.63, 3.8) is 0 Å². The molecule has 1 aliphatic heterocycles. The Bertz CT molecular complexity index is 892. The Balaban J connectivity index is 1.80. The van der Waals surface area contributed by atoms with Gasteiger partial charge in [-0.25, -0.2) is 0 Å². The molecule has 0 radical (unpaired) electrons. The van der Waals surface area contributed by atoms with E-state index >= 15 is 0 Å². The number of benzene rings is 2. The summed E-state index contributed by atoms with van der Waals surface area (Å²) in [5.74, 6) is 0.660. The van der Waals surface area contributed by atoms with Crippen molar-refractivity contribution in [2.45, 2.75) is 11.8 Å². The molecule has 0 spiro atoms. The lowest BCUT2D eigenvalue weighted by Gasteiger charge is -2.16. The van der Waals surface area contributed by atoms with Crippen molar-refractivity contribution in [1.82, 2.24) is 4.90 Å². The predicted octanol–water partition coefficient (Wildman–Crippen LogP) is 2.97. The minimum atomic E-state index is -3.78. The highest BCUT2D eigenvalue weighted by atomic mass is 32.2. The number of nitrogens with zero attached hydrogens (tertiary/aromatic N) is 2. The van der Waals surface area contributed by atoms with Crippen molar-refractivity contribution in [2.75, 3.05) is 18.8 Å². The average Bonchev–Trinajstić information content (AvgIpc) is 3.02. The largest absolute Gasteiger partial charge is 0.342 e. The number of thioether (sulfide) groups is 1. The average molecular weight is 374 g/mol. The van der Waals surface area contributed by atoms with Gasteiger partial charge in [-0.05, 0) is 19.1 Å². The van der Waals surface area contributed by atoms with Gasteiger partial charge in [0.2, 0.25) is 0 Å². The molecule has 0 aliphatic carbocycles. The maximum atomic E-state index is 12.5. The normalized spacial score (nSPS) is 16.4. The summed E-state index contributed by atoms with van der Waals surface area (Å²) in [5.41, 5.74) is 1.59. The fourth-order valence-corrected chi connectivity index (χ4v) is 4.66. The fourth-order valence-electron chi connectivity index (χ4n) is 2.42. The van der Waals surface area contributed by atoms with Gasteiger partial charge in [-0.15, -0.1) is 4.40 Å². The van der Waals surface area contributed by atoms with Gasteiger partial charge >= 0.3 is 0 Å². The van der Waals surface area contributed by atoms with E-state index in [9.17, 15) is 13.2 Å². The first-order valence-corrected chi connectivity index (χ1v) is 10.3. The Morgan fingerprint density at radius 2 is 1.80 bits per heavy atom. The molecule has 0 amide bonds. The van der Waals surface area contributed by atoms with Crippen molar-refractivity contribution in [3.8, 4) is 0 Å². The zero-order valence-corrected chi connectivity index (χ0v) is 15.4. The summed E-state index contributed by atoms with van der Waals surface area (Å²) in [7, 11) is -3.78. The molecular weight excluding hydrogens is 356 g/mol. The number of hydrogen-bond acceptors (Lipinski definition) is 4. The minimum Gasteiger partial charge on any atom is -0.342 e. The van der Waals surface area contributed by atoms with Crippen LogP contribution in [0.25, 0.3) is 0 Å². The number of sulfonamides is 1. The molecule has 1 fully saturated rings. The van der Waals surface area contributed by atoms with E-state index in [-0.39, 0.29) is 17.2 Å². The first-order valence-electron chi connectivity index (χ1n) is 7.83. The molecule has 1 saturated heterocycles. The lowest BCUT2D eigenvalue weighted by molar-refractivity contribution is 0.0967. The number of Topliss-reactive ketones (excluding diaryl/α,β-unsaturated/α-hetero) is 1. The fraction of sp³-hybridized carbons (Fsp3) is 0.222. The van der Waals surface area contributed by atoms with E-state index in [0.29, 0.717) is 23.0 Å². The van der Waals surface area contributed by atoms with Crippen molar-refractivity contribution in [1.29, 1.82) is 0 Å². The van der Waals surface area contributed by atoms with Crippen molar-refractivity contribution in [2.24, 2.45) is 4.40 Å². The topological polar surface area (TPSA) is 66.8 Å². The number of carbonyl (C=O) groups excluding carboxylic acids is 1. The van der Waals surface area contributed by atoms with E-state index in [1.54, 1.807) is 41.3 Å². The summed E-state index contributed by atoms with van der Waals surface area (Å²) in [6, 6.07) is 15.6. The van der Waals surface area contributed by atoms with Gasteiger partial charge in [0.25, 0.3) is 10.0 Å². The molecule has 3 rings (SSSR count). The lowest BCUT2D eigenvalue weighted by Crippen LogP contribution is -2.31. The highest BCUT2D eigenvalue weighted by Crippen LogP contribution is 2.22. The molecule has 1 heterocycles. The molecule has 0 N–H and O–H groups in total. The molecule has 2 aromatic rings. The second-order valence-electron chi connectivity index (χ2n) is 5.72. The van der Waals surface area contributed by atoms with Gasteiger partial charge in [0, 0.05) is 17.9 Å². The van der Waals surface area contributed by atoms with Crippen LogP contribution >= 0.6 is 11.8 Å². The quantitative estimate of drug-likeness (QED) is 0.753. The summed E-state index contributed by atoms with van der Waals surface area (Å²) in [5, 5.41) is 0.379. The molecule has 0 atom stereocenters. The van der Waals surface area contributed by atoms with Crippen LogP contribution in [0, 0.1) is 6.92 Å². The van der Waals surface area contributed by atoms with E-state index in [1.165, 1.54) is 11.8 Å². The molecule has 0 aromatic heterocycles. The monoisotopic (exact) mass is 374 g/mol. The van der Waals surface area contributed by atoms with Crippen molar-refractivity contribution in [3.05, 3.63) is 65.7 Å². The van der Waals surface area contributed by atoms with Gasteiger partial charge in [-0.2, -0.15) is 8.42 Å². The van der Waals surface area contributed by atoms with Crippen LogP contribution in [0.1, 0.15) is 15.9 Å². The molecule has 130 valence electrons. The highest BCUT2D eigenvalue weighted by Gasteiger charge is 2.25. The van der Waals surface area contributed by atoms with E-state index < -0.39 is 10.0 Å². The Hall–Kier alpha value is -2.12. The van der Waals surface area contributed by atoms with Crippen LogP contribution in [0.4, 0.5) is 0 Å². The summed E-state index contributed by atoms with van der Waals surface area (Å²) >= 11 is 1.36. The maximum absolute atomic E-state index is 12.5. The molecule has 7 heteroatoms. The zero-order chi connectivity index (χ0) is 17.9. The number of aryl methyl sites for hydroxylation is 1. The van der Waals surface area contributed by atoms with Crippen LogP contribution in [-0.4, -0.2) is 43.1 Å². The van der Waals surface area contributed by atoms with Crippen LogP contribution in [0.3, 0.4) is 0 Å². The third-order valence-corrected chi connectivity index (χ3v) is 6.20. The molecule has 1 aliphatic rings. The van der Waals surface area contributed by atoms with E-state index in [0.717, 1.165) is 5.56 Å². The Morgan fingerprint density at radius 1 is 1.12 bits per heavy atom. The second-order valence-corrected chi connectivity index (χ2v) is 8.39. The maximum Gasteiger partial charge on any atom is 0.284 e. The number of ketones is 1. The van der Waals surface area contributed by atoms with Gasteiger partial charge in [0.05, 0.1) is 11.4 Å². The van der Waals surface area contributed by atoms with E-state index in [2.05, 4.69) is 4.40 Å². The van der Waals surface area contributed by atoms with Crippen LogP contribution < -0.4 is 0 Å². The first-order chi connectivity index (χ1) is 12.0. The third kappa shape index (κ3) is 4.29. The zero-order valence-electron chi connectivity index (χ0n) is 13.8. The lowest BCUT2D eigenvalue weighted by atomic mass is 10.1. The summed E-state index contributed by atoms with van der Waals surface area (Å²) < 4.78 is 28.9. The molecule has 25 heavy (non-hydrogen) atoms. The van der Waals surface area contributed by atoms with Crippen molar-refractivity contribution < 1.29 is 13.2 Å². The molecule has 0 bridgehead atoms. The SMILES string of the molecule is Cc1ccc(S(=O)(=O)N=C2SCCN2CC(=O)c2ccccc2)cc1. The number of amidine groups is 1. The third-order valence-electron chi connectivity index (χ3n) is 3.81. The summed E-state index contributed by atoms with van der Waals surface area (Å²) in [6.45, 7) is 2.62. The summed E-state index contributed by atoms with van der Waals surface area (Å²) in [4.78, 5) is 14.3. The smallest absolute Gasteiger partial charge is 0.284 e. The van der Waals surface area contributed by atoms with Crippen LogP contribution in [-0.2, 0) is 10.0 Å². The van der Waals surface area contributed by atoms with Gasteiger partial charge in [0.15, 0.2) is 11.0 Å². The van der Waals surface area contributed by atoms with Gasteiger partial charge < -0.3 is 4.90 Å². The van der Waals surface area contributed by atoms with Crippen LogP contribution in [0.5, 0.6) is 0 Å². The van der Waals surface area contributed by atoms with Gasteiger partial charge in [-0.3, -0.25) is 4.79 Å². The highest BCUT2D eigenvalue weighted by molar-refractivity contribution is 8.14. The Labute approximate surface area is 151 Å². The van der Waals surface area contributed by atoms with Crippen LogP contribution in [0.2, 0.25) is 0 Å².